The molecule has 2 rings (SSSR count). The molecule has 1 aliphatic rings. The third kappa shape index (κ3) is 4.33. The zero-order valence-corrected chi connectivity index (χ0v) is 12.9. The van der Waals surface area contributed by atoms with Gasteiger partial charge in [-0.05, 0) is 38.4 Å². The Kier molecular flexibility index (Phi) is 6.72. The quantitative estimate of drug-likeness (QED) is 0.899. The van der Waals surface area contributed by atoms with E-state index < -0.39 is 5.82 Å². The molecule has 1 amide bonds. The van der Waals surface area contributed by atoms with E-state index in [1.165, 1.54) is 12.1 Å². The number of hydrogen-bond acceptors (Lipinski definition) is 2. The van der Waals surface area contributed by atoms with Crippen LogP contribution < -0.4 is 10.6 Å². The Morgan fingerprint density at radius 2 is 2.30 bits per heavy atom. The molecule has 0 radical (unpaired) electrons. The summed E-state index contributed by atoms with van der Waals surface area (Å²) in [4.78, 5) is 12.0. The van der Waals surface area contributed by atoms with Gasteiger partial charge in [0, 0.05) is 22.7 Å². The first kappa shape index (κ1) is 17.2. The number of carbonyl (C=O) groups excluding carboxylic acids is 1. The molecule has 0 saturated carbocycles. The second-order valence-electron chi connectivity index (χ2n) is 4.94. The highest BCUT2D eigenvalue weighted by Crippen LogP contribution is 2.19. The van der Waals surface area contributed by atoms with E-state index in [0.29, 0.717) is 5.02 Å². The molecule has 1 aromatic rings. The fraction of sp³-hybridized carbons (Fsp3) is 0.500. The van der Waals surface area contributed by atoms with Crippen molar-refractivity contribution in [3.63, 3.8) is 0 Å². The molecule has 0 aliphatic carbocycles. The Morgan fingerprint density at radius 3 is 2.95 bits per heavy atom. The number of piperidine rings is 1. The standard InChI is InChI=1S/C14H18ClFN2O.ClH/c1-9-13(6-3-7-17-9)18-14(19)8-10-11(15)4-2-5-12(10)16;/h2,4-5,9,13,17H,3,6-8H2,1H3,(H,18,19);1H. The van der Waals surface area contributed by atoms with Gasteiger partial charge in [-0.15, -0.1) is 12.4 Å². The predicted molar refractivity (Wildman–Crippen MR) is 81.0 cm³/mol. The maximum Gasteiger partial charge on any atom is 0.224 e. The van der Waals surface area contributed by atoms with Crippen molar-refractivity contribution in [2.75, 3.05) is 6.54 Å². The summed E-state index contributed by atoms with van der Waals surface area (Å²) in [5, 5.41) is 6.55. The number of amides is 1. The van der Waals surface area contributed by atoms with Gasteiger partial charge in [-0.25, -0.2) is 4.39 Å². The highest BCUT2D eigenvalue weighted by Gasteiger charge is 2.23. The molecule has 2 atom stereocenters. The average molecular weight is 321 g/mol. The first-order valence-corrected chi connectivity index (χ1v) is 6.91. The van der Waals surface area contributed by atoms with E-state index in [9.17, 15) is 9.18 Å². The van der Waals surface area contributed by atoms with Crippen molar-refractivity contribution in [1.82, 2.24) is 10.6 Å². The molecule has 3 nitrogen and oxygen atoms in total. The fourth-order valence-electron chi connectivity index (χ4n) is 2.36. The molecule has 2 unspecified atom stereocenters. The monoisotopic (exact) mass is 320 g/mol. The highest BCUT2D eigenvalue weighted by atomic mass is 35.5. The first-order valence-electron chi connectivity index (χ1n) is 6.53. The summed E-state index contributed by atoms with van der Waals surface area (Å²) in [7, 11) is 0. The zero-order chi connectivity index (χ0) is 13.8. The minimum absolute atomic E-state index is 0. The van der Waals surface area contributed by atoms with Gasteiger partial charge in [0.25, 0.3) is 0 Å². The van der Waals surface area contributed by atoms with Crippen molar-refractivity contribution >= 4 is 29.9 Å². The van der Waals surface area contributed by atoms with E-state index in [1.54, 1.807) is 6.07 Å². The van der Waals surface area contributed by atoms with E-state index in [4.69, 9.17) is 11.6 Å². The number of halogens is 3. The molecular weight excluding hydrogens is 302 g/mol. The smallest absolute Gasteiger partial charge is 0.224 e. The minimum Gasteiger partial charge on any atom is -0.352 e. The van der Waals surface area contributed by atoms with Crippen LogP contribution in [0.4, 0.5) is 4.39 Å². The third-order valence-electron chi connectivity index (χ3n) is 3.51. The van der Waals surface area contributed by atoms with Crippen molar-refractivity contribution in [2.45, 2.75) is 38.3 Å². The summed E-state index contributed by atoms with van der Waals surface area (Å²) in [6.45, 7) is 3.02. The molecular formula is C14H19Cl2FN2O. The summed E-state index contributed by atoms with van der Waals surface area (Å²) in [5.74, 6) is -0.620. The zero-order valence-electron chi connectivity index (χ0n) is 11.3. The van der Waals surface area contributed by atoms with Crippen LogP contribution in [0.3, 0.4) is 0 Å². The molecule has 0 aromatic heterocycles. The second kappa shape index (κ2) is 7.81. The van der Waals surface area contributed by atoms with E-state index in [2.05, 4.69) is 10.6 Å². The Bertz CT molecular complexity index is 450. The van der Waals surface area contributed by atoms with Crippen LogP contribution in [0.15, 0.2) is 18.2 Å². The third-order valence-corrected chi connectivity index (χ3v) is 3.86. The van der Waals surface area contributed by atoms with Crippen LogP contribution in [0, 0.1) is 5.82 Å². The van der Waals surface area contributed by atoms with Crippen LogP contribution in [0.25, 0.3) is 0 Å². The van der Waals surface area contributed by atoms with Gasteiger partial charge in [0.1, 0.15) is 5.82 Å². The molecule has 1 saturated heterocycles. The lowest BCUT2D eigenvalue weighted by Gasteiger charge is -2.30. The van der Waals surface area contributed by atoms with Crippen molar-refractivity contribution in [1.29, 1.82) is 0 Å². The number of nitrogens with one attached hydrogen (secondary N) is 2. The number of rotatable bonds is 3. The summed E-state index contributed by atoms with van der Waals surface area (Å²) < 4.78 is 13.6. The Morgan fingerprint density at radius 1 is 1.55 bits per heavy atom. The highest BCUT2D eigenvalue weighted by molar-refractivity contribution is 6.31. The molecule has 0 bridgehead atoms. The van der Waals surface area contributed by atoms with Gasteiger partial charge in [-0.3, -0.25) is 4.79 Å². The summed E-state index contributed by atoms with van der Waals surface area (Å²) in [6.07, 6.45) is 1.97. The fourth-order valence-corrected chi connectivity index (χ4v) is 2.59. The number of hydrogen-bond donors (Lipinski definition) is 2. The number of carbonyl (C=O) groups is 1. The van der Waals surface area contributed by atoms with Crippen molar-refractivity contribution < 1.29 is 9.18 Å². The van der Waals surface area contributed by atoms with E-state index in [0.717, 1.165) is 19.4 Å². The second-order valence-corrected chi connectivity index (χ2v) is 5.34. The van der Waals surface area contributed by atoms with Gasteiger partial charge in [0.15, 0.2) is 0 Å². The Labute approximate surface area is 129 Å². The van der Waals surface area contributed by atoms with E-state index in [-0.39, 0.29) is 42.4 Å². The summed E-state index contributed by atoms with van der Waals surface area (Å²) >= 11 is 5.91. The van der Waals surface area contributed by atoms with Crippen molar-refractivity contribution in [3.8, 4) is 0 Å². The SMILES string of the molecule is CC1NCCCC1NC(=O)Cc1c(F)cccc1Cl.Cl. The van der Waals surface area contributed by atoms with E-state index >= 15 is 0 Å². The lowest BCUT2D eigenvalue weighted by molar-refractivity contribution is -0.121. The van der Waals surface area contributed by atoms with Gasteiger partial charge in [-0.2, -0.15) is 0 Å². The van der Waals surface area contributed by atoms with Crippen LogP contribution in [-0.4, -0.2) is 24.5 Å². The van der Waals surface area contributed by atoms with Crippen LogP contribution >= 0.6 is 24.0 Å². The van der Waals surface area contributed by atoms with Crippen LogP contribution in [0.5, 0.6) is 0 Å². The van der Waals surface area contributed by atoms with Crippen LogP contribution in [0.1, 0.15) is 25.3 Å². The summed E-state index contributed by atoms with van der Waals surface area (Å²) in [5.41, 5.74) is 0.262. The maximum atomic E-state index is 13.6. The Hall–Kier alpha value is -0.840. The first-order chi connectivity index (χ1) is 9.08. The topological polar surface area (TPSA) is 41.1 Å². The van der Waals surface area contributed by atoms with Gasteiger partial charge in [0.2, 0.25) is 5.91 Å². The molecule has 1 aromatic carbocycles. The van der Waals surface area contributed by atoms with Gasteiger partial charge in [-0.1, -0.05) is 17.7 Å². The van der Waals surface area contributed by atoms with Gasteiger partial charge >= 0.3 is 0 Å². The minimum atomic E-state index is -0.433. The lowest BCUT2D eigenvalue weighted by atomic mass is 9.99. The normalized spacial score (nSPS) is 21.9. The molecule has 1 fully saturated rings. The predicted octanol–water partition coefficient (Wildman–Crippen LogP) is 2.70. The van der Waals surface area contributed by atoms with E-state index in [1.807, 2.05) is 6.92 Å². The molecule has 20 heavy (non-hydrogen) atoms. The number of benzene rings is 1. The van der Waals surface area contributed by atoms with Gasteiger partial charge < -0.3 is 10.6 Å². The van der Waals surface area contributed by atoms with Crippen LogP contribution in [-0.2, 0) is 11.2 Å². The molecule has 6 heteroatoms. The van der Waals surface area contributed by atoms with Gasteiger partial charge in [0.05, 0.1) is 6.42 Å². The summed E-state index contributed by atoms with van der Waals surface area (Å²) in [6, 6.07) is 4.80. The average Bonchev–Trinajstić information content (AvgIpc) is 2.37. The lowest BCUT2D eigenvalue weighted by Crippen LogP contribution is -2.52. The largest absolute Gasteiger partial charge is 0.352 e. The van der Waals surface area contributed by atoms with Crippen molar-refractivity contribution in [3.05, 3.63) is 34.6 Å². The van der Waals surface area contributed by atoms with Crippen LogP contribution in [0.2, 0.25) is 5.02 Å². The maximum absolute atomic E-state index is 13.6. The van der Waals surface area contributed by atoms with Crippen molar-refractivity contribution in [2.24, 2.45) is 0 Å². The molecule has 1 heterocycles. The molecule has 1 aliphatic heterocycles. The molecule has 112 valence electrons. The molecule has 0 spiro atoms. The molecule has 2 N–H and O–H groups in total. The Balaban J connectivity index is 0.00000200.